The zero-order chi connectivity index (χ0) is 13.2. The van der Waals surface area contributed by atoms with Crippen molar-refractivity contribution in [2.24, 2.45) is 0 Å². The van der Waals surface area contributed by atoms with Crippen LogP contribution >= 0.6 is 22.7 Å². The van der Waals surface area contributed by atoms with Gasteiger partial charge in [0.15, 0.2) is 5.69 Å². The van der Waals surface area contributed by atoms with E-state index in [1.807, 2.05) is 17.5 Å². The summed E-state index contributed by atoms with van der Waals surface area (Å²) in [7, 11) is 0. The minimum absolute atomic E-state index is 0.222. The number of aromatic nitrogens is 1. The quantitative estimate of drug-likeness (QED) is 0.941. The van der Waals surface area contributed by atoms with E-state index in [9.17, 15) is 9.90 Å². The van der Waals surface area contributed by atoms with Crippen LogP contribution in [-0.2, 0) is 6.54 Å². The highest BCUT2D eigenvalue weighted by molar-refractivity contribution is 7.21. The first-order valence-electron chi connectivity index (χ1n) is 6.23. The third-order valence-corrected chi connectivity index (χ3v) is 5.28. The first-order chi connectivity index (χ1) is 9.24. The fraction of sp³-hybridized carbons (Fsp3) is 0.385. The molecule has 0 unspecified atom stereocenters. The molecule has 6 heteroatoms. The lowest BCUT2D eigenvalue weighted by molar-refractivity contribution is 0.0689. The van der Waals surface area contributed by atoms with E-state index in [-0.39, 0.29) is 5.69 Å². The van der Waals surface area contributed by atoms with Gasteiger partial charge in [0.1, 0.15) is 5.01 Å². The molecule has 1 saturated heterocycles. The molecule has 19 heavy (non-hydrogen) atoms. The summed E-state index contributed by atoms with van der Waals surface area (Å²) in [6, 6.07) is 3.94. The fourth-order valence-electron chi connectivity index (χ4n) is 2.28. The van der Waals surface area contributed by atoms with Crippen LogP contribution in [0.5, 0.6) is 0 Å². The van der Waals surface area contributed by atoms with Crippen LogP contribution in [0, 0.1) is 0 Å². The van der Waals surface area contributed by atoms with E-state index < -0.39 is 5.97 Å². The van der Waals surface area contributed by atoms with Crippen molar-refractivity contribution in [3.63, 3.8) is 0 Å². The van der Waals surface area contributed by atoms with Gasteiger partial charge in [-0.25, -0.2) is 9.78 Å². The van der Waals surface area contributed by atoms with Crippen LogP contribution in [0.1, 0.15) is 28.2 Å². The Hall–Kier alpha value is -1.24. The van der Waals surface area contributed by atoms with Crippen molar-refractivity contribution in [1.29, 1.82) is 0 Å². The number of carboxylic acids is 1. The van der Waals surface area contributed by atoms with E-state index in [2.05, 4.69) is 9.88 Å². The van der Waals surface area contributed by atoms with Gasteiger partial charge >= 0.3 is 5.97 Å². The molecular formula is C13H14N2O2S2. The summed E-state index contributed by atoms with van der Waals surface area (Å²) < 4.78 is 0. The highest BCUT2D eigenvalue weighted by atomic mass is 32.1. The van der Waals surface area contributed by atoms with Crippen molar-refractivity contribution < 1.29 is 9.90 Å². The Bertz CT molecular complexity index is 571. The maximum atomic E-state index is 11.3. The molecule has 0 aromatic carbocycles. The predicted octanol–water partition coefficient (Wildman–Crippen LogP) is 3.17. The number of aromatic carboxylic acids is 1. The second-order valence-electron chi connectivity index (χ2n) is 4.56. The number of nitrogens with zero attached hydrogens (tertiary/aromatic N) is 2. The minimum Gasteiger partial charge on any atom is -0.476 e. The lowest BCUT2D eigenvalue weighted by Gasteiger charge is -2.12. The molecule has 1 fully saturated rings. The van der Waals surface area contributed by atoms with Crippen LogP contribution in [0.2, 0.25) is 0 Å². The second kappa shape index (κ2) is 5.40. The molecule has 1 aliphatic rings. The van der Waals surface area contributed by atoms with Gasteiger partial charge in [-0.15, -0.1) is 22.7 Å². The van der Waals surface area contributed by atoms with Crippen molar-refractivity contribution in [2.45, 2.75) is 19.4 Å². The summed E-state index contributed by atoms with van der Waals surface area (Å²) in [5.41, 5.74) is 0.222. The van der Waals surface area contributed by atoms with Gasteiger partial charge < -0.3 is 5.11 Å². The first kappa shape index (κ1) is 12.8. The molecule has 2 aromatic heterocycles. The van der Waals surface area contributed by atoms with E-state index in [4.69, 9.17) is 0 Å². The van der Waals surface area contributed by atoms with E-state index in [1.165, 1.54) is 24.2 Å². The van der Waals surface area contributed by atoms with Gasteiger partial charge in [0.2, 0.25) is 0 Å². The lowest BCUT2D eigenvalue weighted by atomic mass is 10.3. The van der Waals surface area contributed by atoms with Gasteiger partial charge in [-0.05, 0) is 37.4 Å². The first-order valence-corrected chi connectivity index (χ1v) is 7.93. The van der Waals surface area contributed by atoms with Crippen LogP contribution < -0.4 is 0 Å². The smallest absolute Gasteiger partial charge is 0.355 e. The SMILES string of the molecule is O=C(O)c1nc(-c2cccs2)sc1CN1CCCC1. The Balaban J connectivity index is 1.90. The van der Waals surface area contributed by atoms with Crippen molar-refractivity contribution in [3.8, 4) is 9.88 Å². The van der Waals surface area contributed by atoms with E-state index in [1.54, 1.807) is 11.3 Å². The molecule has 0 aliphatic carbocycles. The van der Waals surface area contributed by atoms with Crippen molar-refractivity contribution in [1.82, 2.24) is 9.88 Å². The summed E-state index contributed by atoms with van der Waals surface area (Å²) in [4.78, 5) is 19.8. The molecule has 3 rings (SSSR count). The Labute approximate surface area is 119 Å². The normalized spacial score (nSPS) is 16.0. The van der Waals surface area contributed by atoms with Crippen molar-refractivity contribution in [3.05, 3.63) is 28.1 Å². The summed E-state index contributed by atoms with van der Waals surface area (Å²) in [6.07, 6.45) is 2.41. The number of thiophene rings is 1. The molecule has 0 saturated carbocycles. The average Bonchev–Trinajstić information content (AvgIpc) is 3.09. The number of carboxylic acid groups (broad SMARTS) is 1. The number of likely N-dealkylation sites (tertiary alicyclic amines) is 1. The molecule has 0 radical (unpaired) electrons. The van der Waals surface area contributed by atoms with Gasteiger partial charge in [0.05, 0.1) is 9.75 Å². The fourth-order valence-corrected chi connectivity index (χ4v) is 4.17. The molecule has 1 N–H and O–H groups in total. The number of carbonyl (C=O) groups is 1. The molecular weight excluding hydrogens is 280 g/mol. The summed E-state index contributed by atoms with van der Waals surface area (Å²) in [5.74, 6) is -0.923. The summed E-state index contributed by atoms with van der Waals surface area (Å²) in [6.45, 7) is 2.83. The molecule has 100 valence electrons. The number of thiazole rings is 1. The summed E-state index contributed by atoms with van der Waals surface area (Å²) in [5, 5.41) is 12.1. The van der Waals surface area contributed by atoms with Gasteiger partial charge in [-0.3, -0.25) is 4.90 Å². The molecule has 1 aliphatic heterocycles. The molecule has 0 amide bonds. The molecule has 0 atom stereocenters. The van der Waals surface area contributed by atoms with Gasteiger partial charge in [-0.1, -0.05) is 6.07 Å². The van der Waals surface area contributed by atoms with Crippen molar-refractivity contribution >= 4 is 28.6 Å². The maximum Gasteiger partial charge on any atom is 0.355 e. The monoisotopic (exact) mass is 294 g/mol. The minimum atomic E-state index is -0.923. The summed E-state index contributed by atoms with van der Waals surface area (Å²) >= 11 is 3.10. The Morgan fingerprint density at radius 3 is 2.84 bits per heavy atom. The molecule has 3 heterocycles. The zero-order valence-electron chi connectivity index (χ0n) is 10.3. The third-order valence-electron chi connectivity index (χ3n) is 3.20. The Morgan fingerprint density at radius 1 is 1.42 bits per heavy atom. The van der Waals surface area contributed by atoms with Crippen LogP contribution in [0.25, 0.3) is 9.88 Å². The Kier molecular flexibility index (Phi) is 3.63. The van der Waals surface area contributed by atoms with E-state index in [0.29, 0.717) is 6.54 Å². The zero-order valence-corrected chi connectivity index (χ0v) is 12.0. The van der Waals surface area contributed by atoms with Gasteiger partial charge in [0.25, 0.3) is 0 Å². The topological polar surface area (TPSA) is 53.4 Å². The van der Waals surface area contributed by atoms with Crippen molar-refractivity contribution in [2.75, 3.05) is 13.1 Å². The van der Waals surface area contributed by atoms with Crippen LogP contribution in [-0.4, -0.2) is 34.0 Å². The number of hydrogen-bond donors (Lipinski definition) is 1. The van der Waals surface area contributed by atoms with Crippen LogP contribution in [0.15, 0.2) is 17.5 Å². The standard InChI is InChI=1S/C13H14N2O2S2/c16-13(17)11-10(8-15-5-1-2-6-15)19-12(14-11)9-4-3-7-18-9/h3-4,7H,1-2,5-6,8H2,(H,16,17). The largest absolute Gasteiger partial charge is 0.476 e. The Morgan fingerprint density at radius 2 is 2.21 bits per heavy atom. The predicted molar refractivity (Wildman–Crippen MR) is 76.9 cm³/mol. The third kappa shape index (κ3) is 2.70. The molecule has 0 spiro atoms. The number of hydrogen-bond acceptors (Lipinski definition) is 5. The van der Waals surface area contributed by atoms with Crippen LogP contribution in [0.4, 0.5) is 0 Å². The highest BCUT2D eigenvalue weighted by Crippen LogP contribution is 2.32. The van der Waals surface area contributed by atoms with E-state index >= 15 is 0 Å². The maximum absolute atomic E-state index is 11.3. The molecule has 2 aromatic rings. The molecule has 4 nitrogen and oxygen atoms in total. The lowest BCUT2D eigenvalue weighted by Crippen LogP contribution is -2.19. The number of rotatable bonds is 4. The highest BCUT2D eigenvalue weighted by Gasteiger charge is 2.21. The van der Waals surface area contributed by atoms with Gasteiger partial charge in [0, 0.05) is 6.54 Å². The molecule has 0 bridgehead atoms. The van der Waals surface area contributed by atoms with Gasteiger partial charge in [-0.2, -0.15) is 0 Å². The average molecular weight is 294 g/mol. The second-order valence-corrected chi connectivity index (χ2v) is 6.59. The van der Waals surface area contributed by atoms with Crippen LogP contribution in [0.3, 0.4) is 0 Å². The van der Waals surface area contributed by atoms with E-state index in [0.717, 1.165) is 27.9 Å².